The summed E-state index contributed by atoms with van der Waals surface area (Å²) in [6.07, 6.45) is 0.567. The molecule has 1 aliphatic rings. The fraction of sp³-hybridized carbons (Fsp3) is 0.500. The van der Waals surface area contributed by atoms with Crippen molar-refractivity contribution in [1.29, 1.82) is 0 Å². The van der Waals surface area contributed by atoms with Crippen LogP contribution in [0.5, 0.6) is 0 Å². The number of benzene rings is 1. The Kier molecular flexibility index (Phi) is 3.73. The van der Waals surface area contributed by atoms with Crippen molar-refractivity contribution >= 4 is 23.0 Å². The summed E-state index contributed by atoms with van der Waals surface area (Å²) in [6.45, 7) is 3.33. The fourth-order valence-electron chi connectivity index (χ4n) is 2.27. The maximum Gasteiger partial charge on any atom is 0.271 e. The van der Waals surface area contributed by atoms with Gasteiger partial charge in [0, 0.05) is 31.1 Å². The Morgan fingerprint density at radius 2 is 2.33 bits per heavy atom. The topological polar surface area (TPSA) is 66.6 Å². The van der Waals surface area contributed by atoms with Crippen LogP contribution in [0.25, 0.3) is 0 Å². The molecule has 0 radical (unpaired) electrons. The van der Waals surface area contributed by atoms with Crippen LogP contribution in [0.4, 0.5) is 11.4 Å². The number of rotatable bonds is 3. The highest BCUT2D eigenvalue weighted by molar-refractivity contribution is 6.33. The van der Waals surface area contributed by atoms with Gasteiger partial charge in [0.15, 0.2) is 0 Å². The van der Waals surface area contributed by atoms with Gasteiger partial charge in [-0.2, -0.15) is 0 Å². The van der Waals surface area contributed by atoms with Gasteiger partial charge in [-0.25, -0.2) is 0 Å². The summed E-state index contributed by atoms with van der Waals surface area (Å²) >= 11 is 6.07. The minimum Gasteiger partial charge on any atom is -0.393 e. The van der Waals surface area contributed by atoms with Crippen molar-refractivity contribution in [3.05, 3.63) is 33.3 Å². The smallest absolute Gasteiger partial charge is 0.271 e. The van der Waals surface area contributed by atoms with Crippen molar-refractivity contribution in [2.45, 2.75) is 19.4 Å². The summed E-state index contributed by atoms with van der Waals surface area (Å²) in [6, 6.07) is 4.49. The molecule has 1 N–H and O–H groups in total. The Morgan fingerprint density at radius 3 is 2.83 bits per heavy atom. The van der Waals surface area contributed by atoms with Crippen molar-refractivity contribution < 1.29 is 10.0 Å². The van der Waals surface area contributed by atoms with E-state index in [1.165, 1.54) is 12.1 Å². The molecule has 1 aliphatic heterocycles. The Morgan fingerprint density at radius 1 is 1.61 bits per heavy atom. The van der Waals surface area contributed by atoms with E-state index >= 15 is 0 Å². The first kappa shape index (κ1) is 13.1. The summed E-state index contributed by atoms with van der Waals surface area (Å²) in [5.41, 5.74) is 0.792. The molecule has 0 saturated carbocycles. The molecule has 1 heterocycles. The van der Waals surface area contributed by atoms with E-state index in [-0.39, 0.29) is 17.7 Å². The van der Waals surface area contributed by atoms with Crippen molar-refractivity contribution in [1.82, 2.24) is 0 Å². The lowest BCUT2D eigenvalue weighted by molar-refractivity contribution is -0.384. The minimum absolute atomic E-state index is 0.00461. The molecule has 2 unspecified atom stereocenters. The molecule has 1 aromatic rings. The third kappa shape index (κ3) is 2.57. The molecule has 5 nitrogen and oxygen atoms in total. The predicted molar refractivity (Wildman–Crippen MR) is 70.1 cm³/mol. The predicted octanol–water partition coefficient (Wildman–Crippen LogP) is 2.46. The summed E-state index contributed by atoms with van der Waals surface area (Å²) < 4.78 is 0. The number of nitro benzene ring substituents is 1. The van der Waals surface area contributed by atoms with E-state index in [4.69, 9.17) is 11.6 Å². The molecular formula is C12H15ClN2O3. The van der Waals surface area contributed by atoms with Crippen molar-refractivity contribution in [3.63, 3.8) is 0 Å². The second-order valence-corrected chi connectivity index (χ2v) is 5.04. The van der Waals surface area contributed by atoms with Gasteiger partial charge >= 0.3 is 0 Å². The second kappa shape index (κ2) is 5.12. The number of non-ortho nitro benzene ring substituents is 1. The number of nitrogens with zero attached hydrogens (tertiary/aromatic N) is 2. The van der Waals surface area contributed by atoms with E-state index in [1.54, 1.807) is 13.0 Å². The Labute approximate surface area is 110 Å². The number of anilines is 1. The average molecular weight is 271 g/mol. The number of aliphatic hydroxyl groups excluding tert-OH is 1. The quantitative estimate of drug-likeness (QED) is 0.677. The molecule has 1 fully saturated rings. The van der Waals surface area contributed by atoms with Crippen LogP contribution in [-0.2, 0) is 0 Å². The zero-order valence-electron chi connectivity index (χ0n) is 10.0. The third-order valence-electron chi connectivity index (χ3n) is 3.39. The zero-order chi connectivity index (χ0) is 13.3. The van der Waals surface area contributed by atoms with Crippen LogP contribution < -0.4 is 4.90 Å². The summed E-state index contributed by atoms with van der Waals surface area (Å²) in [7, 11) is 0. The van der Waals surface area contributed by atoms with E-state index in [0.717, 1.165) is 25.2 Å². The highest BCUT2D eigenvalue weighted by atomic mass is 35.5. The van der Waals surface area contributed by atoms with Gasteiger partial charge in [-0.1, -0.05) is 11.6 Å². The molecule has 0 aromatic heterocycles. The molecule has 6 heteroatoms. The van der Waals surface area contributed by atoms with Crippen molar-refractivity contribution in [3.8, 4) is 0 Å². The van der Waals surface area contributed by atoms with E-state index in [0.29, 0.717) is 5.02 Å². The standard InChI is InChI=1S/C12H15ClN2O3/c1-8(16)9-4-5-14(7-9)12-3-2-10(15(17)18)6-11(12)13/h2-3,6,8-9,16H,4-5,7H2,1H3. The molecule has 1 aromatic carbocycles. The summed E-state index contributed by atoms with van der Waals surface area (Å²) in [4.78, 5) is 12.2. The van der Waals surface area contributed by atoms with Gasteiger partial charge in [0.1, 0.15) is 0 Å². The van der Waals surface area contributed by atoms with E-state index in [1.807, 2.05) is 0 Å². The number of hydrogen-bond acceptors (Lipinski definition) is 4. The normalized spacial score (nSPS) is 21.1. The number of halogens is 1. The van der Waals surface area contributed by atoms with Gasteiger partial charge in [0.2, 0.25) is 0 Å². The highest BCUT2D eigenvalue weighted by Crippen LogP contribution is 2.33. The van der Waals surface area contributed by atoms with Gasteiger partial charge in [-0.3, -0.25) is 10.1 Å². The lowest BCUT2D eigenvalue weighted by atomic mass is 10.0. The largest absolute Gasteiger partial charge is 0.393 e. The van der Waals surface area contributed by atoms with Crippen LogP contribution in [0.3, 0.4) is 0 Å². The first-order valence-corrected chi connectivity index (χ1v) is 6.24. The first-order valence-electron chi connectivity index (χ1n) is 5.86. The molecule has 18 heavy (non-hydrogen) atoms. The van der Waals surface area contributed by atoms with Gasteiger partial charge < -0.3 is 10.0 Å². The van der Waals surface area contributed by atoms with Gasteiger partial charge in [-0.05, 0) is 19.4 Å². The molecule has 1 saturated heterocycles. The van der Waals surface area contributed by atoms with E-state index < -0.39 is 4.92 Å². The average Bonchev–Trinajstić information content (AvgIpc) is 2.78. The molecule has 2 atom stereocenters. The van der Waals surface area contributed by atoms with Crippen LogP contribution >= 0.6 is 11.6 Å². The highest BCUT2D eigenvalue weighted by Gasteiger charge is 2.27. The molecule has 98 valence electrons. The Bertz CT molecular complexity index is 465. The second-order valence-electron chi connectivity index (χ2n) is 4.63. The fourth-order valence-corrected chi connectivity index (χ4v) is 2.56. The number of hydrogen-bond donors (Lipinski definition) is 1. The number of nitro groups is 1. The number of aliphatic hydroxyl groups is 1. The maximum absolute atomic E-state index is 10.6. The SMILES string of the molecule is CC(O)C1CCN(c2ccc([N+](=O)[O-])cc2Cl)C1. The minimum atomic E-state index is -0.460. The molecule has 0 aliphatic carbocycles. The molecule has 0 amide bonds. The van der Waals surface area contributed by atoms with Crippen LogP contribution in [0.15, 0.2) is 18.2 Å². The lowest BCUT2D eigenvalue weighted by Crippen LogP contribution is -2.24. The van der Waals surface area contributed by atoms with E-state index in [2.05, 4.69) is 4.90 Å². The van der Waals surface area contributed by atoms with Crippen molar-refractivity contribution in [2.75, 3.05) is 18.0 Å². The Hall–Kier alpha value is -1.33. The summed E-state index contributed by atoms with van der Waals surface area (Å²) in [5, 5.41) is 20.6. The maximum atomic E-state index is 10.6. The van der Waals surface area contributed by atoms with Crippen LogP contribution in [0.2, 0.25) is 5.02 Å². The zero-order valence-corrected chi connectivity index (χ0v) is 10.8. The monoisotopic (exact) mass is 270 g/mol. The molecule has 0 spiro atoms. The van der Waals surface area contributed by atoms with Gasteiger partial charge in [0.25, 0.3) is 5.69 Å². The van der Waals surface area contributed by atoms with Crippen LogP contribution in [0, 0.1) is 16.0 Å². The van der Waals surface area contributed by atoms with Crippen molar-refractivity contribution in [2.24, 2.45) is 5.92 Å². The third-order valence-corrected chi connectivity index (χ3v) is 3.69. The lowest BCUT2D eigenvalue weighted by Gasteiger charge is -2.20. The van der Waals surface area contributed by atoms with E-state index in [9.17, 15) is 15.2 Å². The molecule has 2 rings (SSSR count). The first-order chi connectivity index (χ1) is 8.49. The molecular weight excluding hydrogens is 256 g/mol. The molecule has 0 bridgehead atoms. The van der Waals surface area contributed by atoms with Crippen LogP contribution in [0.1, 0.15) is 13.3 Å². The van der Waals surface area contributed by atoms with Crippen LogP contribution in [-0.4, -0.2) is 29.2 Å². The van der Waals surface area contributed by atoms with Gasteiger partial charge in [0.05, 0.1) is 21.7 Å². The summed E-state index contributed by atoms with van der Waals surface area (Å²) in [5.74, 6) is 0.233. The van der Waals surface area contributed by atoms with Gasteiger partial charge in [-0.15, -0.1) is 0 Å². The Balaban J connectivity index is 2.18.